The van der Waals surface area contributed by atoms with Crippen molar-refractivity contribution < 1.29 is 9.47 Å². The molecule has 1 aliphatic rings. The Morgan fingerprint density at radius 2 is 2.00 bits per heavy atom. The Morgan fingerprint density at radius 1 is 1.23 bits per heavy atom. The molecule has 0 atom stereocenters. The molecule has 118 valence electrons. The van der Waals surface area contributed by atoms with Crippen LogP contribution in [0.4, 0.5) is 0 Å². The molecule has 0 spiro atoms. The lowest BCUT2D eigenvalue weighted by Crippen LogP contribution is -2.33. The number of ether oxygens (including phenoxy) is 2. The predicted octanol–water partition coefficient (Wildman–Crippen LogP) is 2.26. The maximum atomic E-state index is 5.68. The largest absolute Gasteiger partial charge is 0.486 e. The molecule has 0 unspecified atom stereocenters. The topological polar surface area (TPSA) is 48.3 Å². The van der Waals surface area contributed by atoms with Gasteiger partial charge in [-0.05, 0) is 17.7 Å². The Bertz CT molecular complexity index is 649. The van der Waals surface area contributed by atoms with Crippen molar-refractivity contribution in [1.82, 2.24) is 14.9 Å². The van der Waals surface area contributed by atoms with Crippen LogP contribution < -0.4 is 14.8 Å². The number of nitrogens with zero attached hydrogens (tertiary/aromatic N) is 2. The van der Waals surface area contributed by atoms with Gasteiger partial charge in [0.15, 0.2) is 11.5 Å². The second-order valence-electron chi connectivity index (χ2n) is 6.34. The van der Waals surface area contributed by atoms with Gasteiger partial charge in [0.2, 0.25) is 0 Å². The molecule has 2 aromatic rings. The average molecular weight is 301 g/mol. The van der Waals surface area contributed by atoms with Gasteiger partial charge in [0.25, 0.3) is 0 Å². The maximum absolute atomic E-state index is 5.68. The number of hydrogen-bond donors (Lipinski definition) is 1. The molecule has 2 heterocycles. The molecule has 0 radical (unpaired) electrons. The maximum Gasteiger partial charge on any atom is 0.161 e. The number of aromatic nitrogens is 2. The van der Waals surface area contributed by atoms with Crippen LogP contribution in [0.15, 0.2) is 30.7 Å². The lowest BCUT2D eigenvalue weighted by atomic mass is 9.84. The van der Waals surface area contributed by atoms with Gasteiger partial charge in [-0.3, -0.25) is 0 Å². The quantitative estimate of drug-likeness (QED) is 0.920. The Hall–Kier alpha value is -2.01. The molecule has 22 heavy (non-hydrogen) atoms. The highest BCUT2D eigenvalue weighted by Crippen LogP contribution is 2.34. The van der Waals surface area contributed by atoms with Gasteiger partial charge in [0.1, 0.15) is 13.2 Å². The van der Waals surface area contributed by atoms with Crippen LogP contribution in [-0.4, -0.2) is 29.3 Å². The number of nitrogens with one attached hydrogen (secondary N) is 1. The van der Waals surface area contributed by atoms with Crippen molar-refractivity contribution in [2.45, 2.75) is 25.8 Å². The molecule has 1 aliphatic heterocycles. The summed E-state index contributed by atoms with van der Waals surface area (Å²) in [6.45, 7) is 7.39. The van der Waals surface area contributed by atoms with Crippen LogP contribution in [-0.2, 0) is 19.0 Å². The first-order valence-electron chi connectivity index (χ1n) is 7.62. The first kappa shape index (κ1) is 14.9. The summed E-state index contributed by atoms with van der Waals surface area (Å²) in [7, 11) is 2.01. The van der Waals surface area contributed by atoms with Crippen molar-refractivity contribution in [3.05, 3.63) is 42.0 Å². The van der Waals surface area contributed by atoms with Crippen LogP contribution in [0, 0.1) is 0 Å². The van der Waals surface area contributed by atoms with Gasteiger partial charge in [-0.2, -0.15) is 0 Å². The smallest absolute Gasteiger partial charge is 0.161 e. The summed E-state index contributed by atoms with van der Waals surface area (Å²) in [5, 5.41) is 3.51. The van der Waals surface area contributed by atoms with E-state index < -0.39 is 0 Å². The lowest BCUT2D eigenvalue weighted by molar-refractivity contribution is 0.171. The highest BCUT2D eigenvalue weighted by Gasteiger charge is 2.23. The molecule has 5 nitrogen and oxygen atoms in total. The zero-order chi connectivity index (χ0) is 15.6. The van der Waals surface area contributed by atoms with E-state index in [0.29, 0.717) is 13.2 Å². The van der Waals surface area contributed by atoms with E-state index in [9.17, 15) is 0 Å². The van der Waals surface area contributed by atoms with Crippen molar-refractivity contribution in [3.8, 4) is 11.5 Å². The van der Waals surface area contributed by atoms with Gasteiger partial charge in [-0.25, -0.2) is 4.98 Å². The van der Waals surface area contributed by atoms with E-state index in [1.165, 1.54) is 11.3 Å². The zero-order valence-corrected chi connectivity index (χ0v) is 13.4. The normalized spacial score (nSPS) is 14.1. The van der Waals surface area contributed by atoms with E-state index in [0.717, 1.165) is 24.6 Å². The van der Waals surface area contributed by atoms with Gasteiger partial charge >= 0.3 is 0 Å². The number of benzene rings is 1. The first-order valence-corrected chi connectivity index (χ1v) is 7.62. The van der Waals surface area contributed by atoms with E-state index in [2.05, 4.69) is 36.3 Å². The summed E-state index contributed by atoms with van der Waals surface area (Å²) in [4.78, 5) is 4.14. The molecule has 0 aliphatic carbocycles. The highest BCUT2D eigenvalue weighted by molar-refractivity contribution is 5.45. The van der Waals surface area contributed by atoms with Crippen molar-refractivity contribution in [3.63, 3.8) is 0 Å². The summed E-state index contributed by atoms with van der Waals surface area (Å²) in [6.07, 6.45) is 3.72. The van der Waals surface area contributed by atoms with E-state index >= 15 is 0 Å². The van der Waals surface area contributed by atoms with Crippen LogP contribution in [0.5, 0.6) is 11.5 Å². The molecule has 0 fully saturated rings. The molecule has 0 amide bonds. The van der Waals surface area contributed by atoms with Gasteiger partial charge in [-0.1, -0.05) is 19.9 Å². The second kappa shape index (κ2) is 6.01. The van der Waals surface area contributed by atoms with Crippen LogP contribution in [0.25, 0.3) is 0 Å². The number of fused-ring (bicyclic) bond motifs is 1. The van der Waals surface area contributed by atoms with Crippen LogP contribution in [0.1, 0.15) is 25.1 Å². The van der Waals surface area contributed by atoms with Gasteiger partial charge < -0.3 is 19.4 Å². The molecule has 0 saturated carbocycles. The third-order valence-electron chi connectivity index (χ3n) is 4.11. The Balaban J connectivity index is 1.66. The fourth-order valence-electron chi connectivity index (χ4n) is 2.62. The second-order valence-corrected chi connectivity index (χ2v) is 6.34. The Morgan fingerprint density at radius 3 is 2.73 bits per heavy atom. The molecule has 0 bridgehead atoms. The minimum atomic E-state index is 0.00836. The van der Waals surface area contributed by atoms with E-state index in [-0.39, 0.29) is 5.41 Å². The molecule has 0 saturated heterocycles. The van der Waals surface area contributed by atoms with Crippen LogP contribution >= 0.6 is 0 Å². The van der Waals surface area contributed by atoms with Crippen molar-refractivity contribution in [2.24, 2.45) is 7.05 Å². The van der Waals surface area contributed by atoms with E-state index in [4.69, 9.17) is 9.47 Å². The number of rotatable bonds is 5. The van der Waals surface area contributed by atoms with Gasteiger partial charge in [0, 0.05) is 31.7 Å². The summed E-state index contributed by atoms with van der Waals surface area (Å²) < 4.78 is 13.3. The third kappa shape index (κ3) is 3.09. The molecule has 1 N–H and O–H groups in total. The minimum absolute atomic E-state index is 0.00836. The zero-order valence-electron chi connectivity index (χ0n) is 13.4. The molecular weight excluding hydrogens is 278 g/mol. The number of imidazole rings is 1. The van der Waals surface area contributed by atoms with Gasteiger partial charge in [0.05, 0.1) is 12.0 Å². The Labute approximate surface area is 131 Å². The summed E-state index contributed by atoms with van der Waals surface area (Å²) in [6, 6.07) is 6.23. The summed E-state index contributed by atoms with van der Waals surface area (Å²) in [5.41, 5.74) is 2.43. The molecule has 1 aromatic heterocycles. The average Bonchev–Trinajstić information content (AvgIpc) is 2.92. The lowest BCUT2D eigenvalue weighted by Gasteiger charge is -2.28. The summed E-state index contributed by atoms with van der Waals surface area (Å²) >= 11 is 0. The Kier molecular flexibility index (Phi) is 4.07. The van der Waals surface area contributed by atoms with Gasteiger partial charge in [-0.15, -0.1) is 0 Å². The predicted molar refractivity (Wildman–Crippen MR) is 85.4 cm³/mol. The molecular formula is C17H23N3O2. The van der Waals surface area contributed by atoms with Crippen molar-refractivity contribution in [2.75, 3.05) is 19.8 Å². The first-order chi connectivity index (χ1) is 10.6. The van der Waals surface area contributed by atoms with Crippen molar-refractivity contribution in [1.29, 1.82) is 0 Å². The highest BCUT2D eigenvalue weighted by atomic mass is 16.6. The fourth-order valence-corrected chi connectivity index (χ4v) is 2.62. The standard InChI is InChI=1S/C17H23N3O2/c1-17(2,11-18-9-14-10-19-12-20(14)3)13-4-5-15-16(8-13)22-7-6-21-15/h4-5,8,10,12,18H,6-7,9,11H2,1-3H3. The molecule has 1 aromatic carbocycles. The van der Waals surface area contributed by atoms with Crippen molar-refractivity contribution >= 4 is 0 Å². The number of aryl methyl sites for hydroxylation is 1. The monoisotopic (exact) mass is 301 g/mol. The van der Waals surface area contributed by atoms with Crippen LogP contribution in [0.3, 0.4) is 0 Å². The van der Waals surface area contributed by atoms with Crippen LogP contribution in [0.2, 0.25) is 0 Å². The van der Waals surface area contributed by atoms with E-state index in [1.807, 2.05) is 30.2 Å². The molecule has 3 rings (SSSR count). The SMILES string of the molecule is Cn1cncc1CNCC(C)(C)c1ccc2c(c1)OCCO2. The number of hydrogen-bond acceptors (Lipinski definition) is 4. The fraction of sp³-hybridized carbons (Fsp3) is 0.471. The summed E-state index contributed by atoms with van der Waals surface area (Å²) in [5.74, 6) is 1.69. The van der Waals surface area contributed by atoms with E-state index in [1.54, 1.807) is 0 Å². The third-order valence-corrected chi connectivity index (χ3v) is 4.11. The minimum Gasteiger partial charge on any atom is -0.486 e. The molecule has 5 heteroatoms.